The minimum atomic E-state index is -0.463. The number of anilines is 1. The molecular formula is C23H20N4O3. The van der Waals surface area contributed by atoms with Gasteiger partial charge < -0.3 is 5.32 Å². The maximum absolute atomic E-state index is 13.0. The van der Waals surface area contributed by atoms with Crippen molar-refractivity contribution in [2.45, 2.75) is 13.0 Å². The van der Waals surface area contributed by atoms with Crippen LogP contribution in [0.5, 0.6) is 0 Å². The van der Waals surface area contributed by atoms with Crippen LogP contribution in [0.25, 0.3) is 0 Å². The monoisotopic (exact) mass is 400 g/mol. The van der Waals surface area contributed by atoms with E-state index < -0.39 is 6.03 Å². The molecule has 2 N–H and O–H groups in total. The Balaban J connectivity index is 1.58. The van der Waals surface area contributed by atoms with Crippen LogP contribution in [0.2, 0.25) is 0 Å². The van der Waals surface area contributed by atoms with Crippen LogP contribution in [-0.2, 0) is 4.79 Å². The van der Waals surface area contributed by atoms with E-state index in [9.17, 15) is 14.4 Å². The van der Waals surface area contributed by atoms with Crippen molar-refractivity contribution in [2.24, 2.45) is 0 Å². The van der Waals surface area contributed by atoms with Crippen molar-refractivity contribution < 1.29 is 14.4 Å². The molecule has 1 atom stereocenters. The van der Waals surface area contributed by atoms with Crippen molar-refractivity contribution >= 4 is 23.5 Å². The Hall–Kier alpha value is -4.00. The summed E-state index contributed by atoms with van der Waals surface area (Å²) in [6.07, 6.45) is 3.40. The fourth-order valence-electron chi connectivity index (χ4n) is 3.46. The number of rotatable bonds is 5. The molecule has 0 spiro atoms. The molecule has 1 fully saturated rings. The highest BCUT2D eigenvalue weighted by atomic mass is 16.2. The van der Waals surface area contributed by atoms with Crippen molar-refractivity contribution in [1.29, 1.82) is 0 Å². The molecule has 2 aromatic carbocycles. The first-order valence-corrected chi connectivity index (χ1v) is 9.50. The van der Waals surface area contributed by atoms with E-state index in [1.807, 2.05) is 43.3 Å². The van der Waals surface area contributed by atoms with Gasteiger partial charge in [-0.15, -0.1) is 0 Å². The quantitative estimate of drug-likeness (QED) is 0.644. The third kappa shape index (κ3) is 3.91. The van der Waals surface area contributed by atoms with Crippen LogP contribution in [0.4, 0.5) is 10.5 Å². The molecule has 1 aliphatic rings. The molecule has 7 heteroatoms. The molecule has 30 heavy (non-hydrogen) atoms. The summed E-state index contributed by atoms with van der Waals surface area (Å²) < 4.78 is 0. The number of urea groups is 1. The van der Waals surface area contributed by atoms with Crippen LogP contribution < -0.4 is 15.5 Å². The molecule has 0 bridgehead atoms. The van der Waals surface area contributed by atoms with Gasteiger partial charge >= 0.3 is 6.03 Å². The second-order valence-corrected chi connectivity index (χ2v) is 7.03. The number of carbonyl (C=O) groups is 3. The Labute approximate surface area is 173 Å². The first-order chi connectivity index (χ1) is 14.5. The largest absolute Gasteiger partial charge is 0.341 e. The van der Waals surface area contributed by atoms with Crippen LogP contribution in [0.15, 0.2) is 73.1 Å². The summed E-state index contributed by atoms with van der Waals surface area (Å²) in [5, 5.41) is 5.33. The summed E-state index contributed by atoms with van der Waals surface area (Å²) in [6.45, 7) is 1.98. The van der Waals surface area contributed by atoms with E-state index >= 15 is 0 Å². The van der Waals surface area contributed by atoms with Gasteiger partial charge in [0.2, 0.25) is 5.91 Å². The fourth-order valence-corrected chi connectivity index (χ4v) is 3.46. The molecule has 150 valence electrons. The molecule has 1 aliphatic heterocycles. The second-order valence-electron chi connectivity index (χ2n) is 7.03. The van der Waals surface area contributed by atoms with Gasteiger partial charge in [0, 0.05) is 23.6 Å². The summed E-state index contributed by atoms with van der Waals surface area (Å²) in [5.41, 5.74) is 4.01. The third-order valence-electron chi connectivity index (χ3n) is 5.05. The normalized spacial score (nSPS) is 14.4. The van der Waals surface area contributed by atoms with E-state index in [1.54, 1.807) is 36.7 Å². The Morgan fingerprint density at radius 2 is 1.73 bits per heavy atom. The fraction of sp³-hybridized carbons (Fsp3) is 0.130. The predicted octanol–water partition coefficient (Wildman–Crippen LogP) is 2.97. The molecule has 7 nitrogen and oxygen atoms in total. The van der Waals surface area contributed by atoms with Crippen LogP contribution in [-0.4, -0.2) is 29.4 Å². The Bertz CT molecular complexity index is 1100. The van der Waals surface area contributed by atoms with Gasteiger partial charge in [-0.25, -0.2) is 4.79 Å². The second kappa shape index (κ2) is 8.16. The molecule has 2 heterocycles. The van der Waals surface area contributed by atoms with Gasteiger partial charge in [0.05, 0.1) is 6.04 Å². The topological polar surface area (TPSA) is 91.4 Å². The molecule has 0 radical (unpaired) electrons. The number of nitrogens with one attached hydrogen (secondary N) is 2. The number of amides is 4. The van der Waals surface area contributed by atoms with Crippen LogP contribution in [0, 0.1) is 6.92 Å². The van der Waals surface area contributed by atoms with Gasteiger partial charge in [-0.3, -0.25) is 24.8 Å². The highest BCUT2D eigenvalue weighted by Gasteiger charge is 2.28. The van der Waals surface area contributed by atoms with E-state index in [1.165, 1.54) is 4.90 Å². The summed E-state index contributed by atoms with van der Waals surface area (Å²) in [5.74, 6) is -0.589. The zero-order chi connectivity index (χ0) is 21.1. The molecular weight excluding hydrogens is 380 g/mol. The first-order valence-electron chi connectivity index (χ1n) is 9.50. The lowest BCUT2D eigenvalue weighted by Crippen LogP contribution is -2.30. The summed E-state index contributed by atoms with van der Waals surface area (Å²) in [6, 6.07) is 17.5. The van der Waals surface area contributed by atoms with Gasteiger partial charge in [-0.1, -0.05) is 24.3 Å². The zero-order valence-corrected chi connectivity index (χ0v) is 16.3. The lowest BCUT2D eigenvalue weighted by atomic mass is 9.95. The van der Waals surface area contributed by atoms with Gasteiger partial charge in [-0.05, 0) is 60.0 Å². The highest BCUT2D eigenvalue weighted by Crippen LogP contribution is 2.25. The van der Waals surface area contributed by atoms with E-state index in [4.69, 9.17) is 0 Å². The molecule has 3 aromatic rings. The summed E-state index contributed by atoms with van der Waals surface area (Å²) >= 11 is 0. The van der Waals surface area contributed by atoms with Crippen LogP contribution in [0.1, 0.15) is 33.1 Å². The van der Waals surface area contributed by atoms with Crippen molar-refractivity contribution in [2.75, 3.05) is 11.4 Å². The van der Waals surface area contributed by atoms with Crippen molar-refractivity contribution in [3.8, 4) is 0 Å². The van der Waals surface area contributed by atoms with Gasteiger partial charge in [0.1, 0.15) is 6.54 Å². The SMILES string of the molecule is Cc1ccccc1[C@@H](NC(=O)c1ccc(N2CC(=O)NC2=O)cc1)c1ccncc1. The zero-order valence-electron chi connectivity index (χ0n) is 16.3. The lowest BCUT2D eigenvalue weighted by molar-refractivity contribution is -0.117. The molecule has 0 saturated carbocycles. The number of hydrogen-bond acceptors (Lipinski definition) is 4. The van der Waals surface area contributed by atoms with Crippen molar-refractivity contribution in [3.05, 3.63) is 95.3 Å². The highest BCUT2D eigenvalue weighted by molar-refractivity contribution is 6.12. The van der Waals surface area contributed by atoms with E-state index in [0.29, 0.717) is 11.3 Å². The number of aryl methyl sites for hydroxylation is 1. The predicted molar refractivity (Wildman–Crippen MR) is 112 cm³/mol. The van der Waals surface area contributed by atoms with Gasteiger partial charge in [0.15, 0.2) is 0 Å². The first kappa shape index (κ1) is 19.3. The van der Waals surface area contributed by atoms with Crippen molar-refractivity contribution in [1.82, 2.24) is 15.6 Å². The Morgan fingerprint density at radius 1 is 1.03 bits per heavy atom. The molecule has 0 aliphatic carbocycles. The van der Waals surface area contributed by atoms with Gasteiger partial charge in [0.25, 0.3) is 5.91 Å². The van der Waals surface area contributed by atoms with Crippen molar-refractivity contribution in [3.63, 3.8) is 0 Å². The maximum atomic E-state index is 13.0. The molecule has 0 unspecified atom stereocenters. The van der Waals surface area contributed by atoms with Crippen LogP contribution in [0.3, 0.4) is 0 Å². The molecule has 1 aromatic heterocycles. The minimum absolute atomic E-state index is 0.0260. The van der Waals surface area contributed by atoms with E-state index in [-0.39, 0.29) is 24.4 Å². The Kier molecular flexibility index (Phi) is 5.26. The third-order valence-corrected chi connectivity index (χ3v) is 5.05. The minimum Gasteiger partial charge on any atom is -0.341 e. The number of hydrogen-bond donors (Lipinski definition) is 2. The number of nitrogens with zero attached hydrogens (tertiary/aromatic N) is 2. The molecule has 1 saturated heterocycles. The average molecular weight is 400 g/mol. The molecule has 4 amide bonds. The smallest absolute Gasteiger partial charge is 0.329 e. The number of pyridine rings is 1. The average Bonchev–Trinajstić information content (AvgIpc) is 3.11. The van der Waals surface area contributed by atoms with Crippen LogP contribution >= 0.6 is 0 Å². The van der Waals surface area contributed by atoms with E-state index in [2.05, 4.69) is 15.6 Å². The maximum Gasteiger partial charge on any atom is 0.329 e. The lowest BCUT2D eigenvalue weighted by Gasteiger charge is -2.22. The summed E-state index contributed by atoms with van der Waals surface area (Å²) in [7, 11) is 0. The number of aromatic nitrogens is 1. The number of imide groups is 1. The standard InChI is InChI=1S/C23H20N4O3/c1-15-4-2-3-5-19(15)21(16-10-12-24-13-11-16)26-22(29)17-6-8-18(9-7-17)27-14-20(28)25-23(27)30/h2-13,21H,14H2,1H3,(H,26,29)(H,25,28,30)/t21-/m0/s1. The number of benzene rings is 2. The summed E-state index contributed by atoms with van der Waals surface area (Å²) in [4.78, 5) is 41.6. The Morgan fingerprint density at radius 3 is 2.37 bits per heavy atom. The van der Waals surface area contributed by atoms with E-state index in [0.717, 1.165) is 16.7 Å². The molecule has 4 rings (SSSR count). The number of carbonyl (C=O) groups excluding carboxylic acids is 3. The van der Waals surface area contributed by atoms with Gasteiger partial charge in [-0.2, -0.15) is 0 Å².